The Morgan fingerprint density at radius 1 is 1.35 bits per heavy atom. The van der Waals surface area contributed by atoms with E-state index < -0.39 is 11.6 Å². The first kappa shape index (κ1) is 17.6. The second-order valence-corrected chi connectivity index (χ2v) is 7.20. The summed E-state index contributed by atoms with van der Waals surface area (Å²) in [5, 5.41) is 0. The molecule has 2 rings (SSSR count). The molecule has 0 radical (unpaired) electrons. The lowest BCUT2D eigenvalue weighted by Gasteiger charge is -2.32. The monoisotopic (exact) mass is 318 g/mol. The van der Waals surface area contributed by atoms with Crippen molar-refractivity contribution < 1.29 is 14.3 Å². The van der Waals surface area contributed by atoms with Gasteiger partial charge in [0.2, 0.25) is 5.91 Å². The molecule has 2 N–H and O–H groups in total. The average molecular weight is 318 g/mol. The lowest BCUT2D eigenvalue weighted by Crippen LogP contribution is -2.52. The lowest BCUT2D eigenvalue weighted by molar-refractivity contribution is -0.143. The fourth-order valence-corrected chi connectivity index (χ4v) is 2.29. The minimum absolute atomic E-state index is 0.168. The zero-order valence-electron chi connectivity index (χ0n) is 14.1. The van der Waals surface area contributed by atoms with E-state index in [0.717, 1.165) is 11.8 Å². The number of nitrogens with two attached hydrogens (primary N) is 1. The fraction of sp³-hybridized carbons (Fsp3) is 0.556. The number of hydrogen-bond donors (Lipinski definition) is 1. The van der Waals surface area contributed by atoms with Crippen LogP contribution in [-0.2, 0) is 20.9 Å². The van der Waals surface area contributed by atoms with Crippen molar-refractivity contribution in [1.82, 2.24) is 4.90 Å². The highest BCUT2D eigenvalue weighted by Gasteiger charge is 2.49. The Bertz CT molecular complexity index is 547. The fourth-order valence-electron chi connectivity index (χ4n) is 2.29. The van der Waals surface area contributed by atoms with Crippen LogP contribution in [0.1, 0.15) is 39.2 Å². The Morgan fingerprint density at radius 3 is 2.43 bits per heavy atom. The molecule has 1 aliphatic carbocycles. The molecule has 5 heteroatoms. The van der Waals surface area contributed by atoms with Crippen LogP contribution in [0.25, 0.3) is 0 Å². The number of rotatable bonds is 7. The molecular weight excluding hydrogens is 292 g/mol. The minimum Gasteiger partial charge on any atom is -0.373 e. The summed E-state index contributed by atoms with van der Waals surface area (Å²) >= 11 is 0. The number of carbonyl (C=O) groups excluding carboxylic acids is 2. The summed E-state index contributed by atoms with van der Waals surface area (Å²) in [6, 6.07) is 8.97. The number of aldehydes is 1. The number of carbonyl (C=O) groups is 2. The molecule has 1 atom stereocenters. The third kappa shape index (κ3) is 4.88. The van der Waals surface area contributed by atoms with E-state index in [4.69, 9.17) is 10.5 Å². The van der Waals surface area contributed by atoms with E-state index in [1.165, 1.54) is 0 Å². The summed E-state index contributed by atoms with van der Waals surface area (Å²) in [5.74, 6) is -0.170. The van der Waals surface area contributed by atoms with Gasteiger partial charge in [-0.15, -0.1) is 0 Å². The number of ether oxygens (including phenoxy) is 1. The van der Waals surface area contributed by atoms with Crippen molar-refractivity contribution in [2.24, 2.45) is 5.73 Å². The molecule has 0 saturated heterocycles. The van der Waals surface area contributed by atoms with Crippen molar-refractivity contribution in [3.63, 3.8) is 0 Å². The Morgan fingerprint density at radius 2 is 1.96 bits per heavy atom. The van der Waals surface area contributed by atoms with Gasteiger partial charge in [0.15, 0.2) is 0 Å². The van der Waals surface area contributed by atoms with Gasteiger partial charge in [-0.2, -0.15) is 0 Å². The predicted molar refractivity (Wildman–Crippen MR) is 88.7 cm³/mol. The van der Waals surface area contributed by atoms with E-state index in [1.807, 2.05) is 51.1 Å². The van der Waals surface area contributed by atoms with E-state index in [2.05, 4.69) is 0 Å². The van der Waals surface area contributed by atoms with Crippen molar-refractivity contribution in [3.05, 3.63) is 35.9 Å². The van der Waals surface area contributed by atoms with Gasteiger partial charge < -0.3 is 20.2 Å². The SMILES string of the molecule is CC(C)(C)OC[C@@H](C=O)N(Cc1ccccc1)C(=O)C1(N)CC1. The Hall–Kier alpha value is -1.72. The molecule has 1 aliphatic rings. The lowest BCUT2D eigenvalue weighted by atomic mass is 10.1. The molecule has 1 amide bonds. The molecule has 126 valence electrons. The molecular formula is C18H26N2O3. The van der Waals surface area contributed by atoms with Crippen LogP contribution < -0.4 is 5.73 Å². The molecule has 0 spiro atoms. The molecule has 0 aliphatic heterocycles. The normalized spacial score (nSPS) is 17.4. The number of benzene rings is 1. The maximum absolute atomic E-state index is 12.7. The van der Waals surface area contributed by atoms with Crippen LogP contribution in [-0.4, -0.2) is 40.9 Å². The van der Waals surface area contributed by atoms with Crippen molar-refractivity contribution in [2.45, 2.75) is 57.3 Å². The van der Waals surface area contributed by atoms with Gasteiger partial charge in [-0.05, 0) is 39.2 Å². The van der Waals surface area contributed by atoms with Gasteiger partial charge in [0.25, 0.3) is 0 Å². The van der Waals surface area contributed by atoms with Crippen molar-refractivity contribution >= 4 is 12.2 Å². The molecule has 0 bridgehead atoms. The standard InChI is InChI=1S/C18H26N2O3/c1-17(2,3)23-13-15(12-21)20(16(22)18(19)9-10-18)11-14-7-5-4-6-8-14/h4-8,12,15H,9-11,13,19H2,1-3H3/t15-/m1/s1. The summed E-state index contributed by atoms with van der Waals surface area (Å²) in [5.41, 5.74) is 5.86. The molecule has 5 nitrogen and oxygen atoms in total. The van der Waals surface area contributed by atoms with Crippen LogP contribution in [0.5, 0.6) is 0 Å². The first-order valence-electron chi connectivity index (χ1n) is 7.98. The Kier molecular flexibility index (Phi) is 5.22. The van der Waals surface area contributed by atoms with Crippen LogP contribution in [0, 0.1) is 0 Å². The summed E-state index contributed by atoms with van der Waals surface area (Å²) in [4.78, 5) is 25.9. The third-order valence-electron chi connectivity index (χ3n) is 3.92. The number of nitrogens with zero attached hydrogens (tertiary/aromatic N) is 1. The smallest absolute Gasteiger partial charge is 0.243 e. The van der Waals surface area contributed by atoms with Gasteiger partial charge in [-0.3, -0.25) is 4.79 Å². The first-order valence-corrected chi connectivity index (χ1v) is 7.98. The maximum atomic E-state index is 12.7. The van der Waals surface area contributed by atoms with Gasteiger partial charge in [-0.1, -0.05) is 30.3 Å². The average Bonchev–Trinajstić information content (AvgIpc) is 3.25. The molecule has 1 fully saturated rings. The molecule has 0 heterocycles. The topological polar surface area (TPSA) is 72.6 Å². The highest BCUT2D eigenvalue weighted by atomic mass is 16.5. The van der Waals surface area contributed by atoms with Crippen LogP contribution >= 0.6 is 0 Å². The zero-order chi connectivity index (χ0) is 17.1. The second-order valence-electron chi connectivity index (χ2n) is 7.20. The van der Waals surface area contributed by atoms with E-state index >= 15 is 0 Å². The van der Waals surface area contributed by atoms with Gasteiger partial charge in [0.05, 0.1) is 17.7 Å². The molecule has 23 heavy (non-hydrogen) atoms. The largest absolute Gasteiger partial charge is 0.373 e. The highest BCUT2D eigenvalue weighted by molar-refractivity contribution is 5.91. The highest BCUT2D eigenvalue weighted by Crippen LogP contribution is 2.35. The second kappa shape index (κ2) is 6.81. The van der Waals surface area contributed by atoms with Crippen molar-refractivity contribution in [3.8, 4) is 0 Å². The predicted octanol–water partition coefficient (Wildman–Crippen LogP) is 1.89. The number of hydrogen-bond acceptors (Lipinski definition) is 4. The van der Waals surface area contributed by atoms with Crippen LogP contribution in [0.15, 0.2) is 30.3 Å². The van der Waals surface area contributed by atoms with E-state index in [-0.39, 0.29) is 18.1 Å². The van der Waals surface area contributed by atoms with Crippen molar-refractivity contribution in [2.75, 3.05) is 6.61 Å². The zero-order valence-corrected chi connectivity index (χ0v) is 14.1. The van der Waals surface area contributed by atoms with Crippen LogP contribution in [0.4, 0.5) is 0 Å². The Labute approximate surface area is 137 Å². The Balaban J connectivity index is 2.17. The quantitative estimate of drug-likeness (QED) is 0.779. The molecule has 0 unspecified atom stereocenters. The number of amides is 1. The summed E-state index contributed by atoms with van der Waals surface area (Å²) in [7, 11) is 0. The van der Waals surface area contributed by atoms with Gasteiger partial charge in [0, 0.05) is 6.54 Å². The first-order chi connectivity index (χ1) is 10.7. The molecule has 1 aromatic rings. The van der Waals surface area contributed by atoms with Gasteiger partial charge >= 0.3 is 0 Å². The minimum atomic E-state index is -0.808. The maximum Gasteiger partial charge on any atom is 0.243 e. The van der Waals surface area contributed by atoms with E-state index in [1.54, 1.807) is 4.90 Å². The van der Waals surface area contributed by atoms with Gasteiger partial charge in [-0.25, -0.2) is 0 Å². The summed E-state index contributed by atoms with van der Waals surface area (Å²) < 4.78 is 5.72. The van der Waals surface area contributed by atoms with Gasteiger partial charge in [0.1, 0.15) is 12.3 Å². The van der Waals surface area contributed by atoms with Crippen LogP contribution in [0.2, 0.25) is 0 Å². The summed E-state index contributed by atoms with van der Waals surface area (Å²) in [6.45, 7) is 6.29. The van der Waals surface area contributed by atoms with E-state index in [0.29, 0.717) is 19.4 Å². The van der Waals surface area contributed by atoms with Crippen molar-refractivity contribution in [1.29, 1.82) is 0 Å². The molecule has 0 aromatic heterocycles. The summed E-state index contributed by atoms with van der Waals surface area (Å²) in [6.07, 6.45) is 2.12. The van der Waals surface area contributed by atoms with Crippen LogP contribution in [0.3, 0.4) is 0 Å². The third-order valence-corrected chi connectivity index (χ3v) is 3.92. The van der Waals surface area contributed by atoms with E-state index in [9.17, 15) is 9.59 Å². The molecule has 1 saturated carbocycles. The molecule has 1 aromatic carbocycles.